The molecule has 1 atom stereocenters. The van der Waals surface area contributed by atoms with Crippen molar-refractivity contribution in [2.75, 3.05) is 31.1 Å². The van der Waals surface area contributed by atoms with Gasteiger partial charge in [-0.1, -0.05) is 6.07 Å². The van der Waals surface area contributed by atoms with Crippen molar-refractivity contribution < 1.29 is 4.79 Å². The molecule has 0 spiro atoms. The number of carbonyl (C=O) groups is 1. The minimum atomic E-state index is 0.0842. The molecule has 2 saturated heterocycles. The molecule has 2 aliphatic rings. The third-order valence-corrected chi connectivity index (χ3v) is 5.83. The lowest BCUT2D eigenvalue weighted by Gasteiger charge is -2.42. The van der Waals surface area contributed by atoms with Gasteiger partial charge in [-0.3, -0.25) is 14.7 Å². The van der Waals surface area contributed by atoms with E-state index >= 15 is 0 Å². The number of anilines is 1. The number of carbonyl (C=O) groups excluding carboxylic acids is 1. The highest BCUT2D eigenvalue weighted by atomic mass is 16.1. The van der Waals surface area contributed by atoms with Crippen LogP contribution >= 0.6 is 0 Å². The van der Waals surface area contributed by atoms with E-state index in [1.165, 1.54) is 0 Å². The van der Waals surface area contributed by atoms with Crippen LogP contribution in [0.2, 0.25) is 0 Å². The Kier molecular flexibility index (Phi) is 6.11. The van der Waals surface area contributed by atoms with Gasteiger partial charge in [0.1, 0.15) is 0 Å². The zero-order chi connectivity index (χ0) is 19.2. The molecule has 2 fully saturated rings. The Morgan fingerprint density at radius 3 is 2.64 bits per heavy atom. The van der Waals surface area contributed by atoms with E-state index in [0.717, 1.165) is 63.4 Å². The lowest BCUT2D eigenvalue weighted by molar-refractivity contribution is -0.127. The number of pyridine rings is 1. The van der Waals surface area contributed by atoms with Gasteiger partial charge in [-0.25, -0.2) is 9.97 Å². The van der Waals surface area contributed by atoms with Crippen molar-refractivity contribution in [2.24, 2.45) is 5.92 Å². The molecule has 148 valence electrons. The minimum absolute atomic E-state index is 0.0842. The first-order chi connectivity index (χ1) is 13.8. The summed E-state index contributed by atoms with van der Waals surface area (Å²) in [6, 6.07) is 6.29. The molecular weight excluding hydrogens is 352 g/mol. The molecule has 4 heterocycles. The van der Waals surface area contributed by atoms with Crippen molar-refractivity contribution >= 4 is 11.9 Å². The second kappa shape index (κ2) is 9.10. The van der Waals surface area contributed by atoms with Crippen molar-refractivity contribution in [3.8, 4) is 0 Å². The standard InChI is InChI=1S/C21H28N6O/c28-20(25-15-17-4-1-8-22-14-17)18-5-2-11-27(16-18)19-6-12-26(13-7-19)21-23-9-3-10-24-21/h1,3-4,8-10,14,18-19H,2,5-7,11-13,15-16H2,(H,25,28)/t18-/m1/s1. The molecule has 1 amide bonds. The lowest BCUT2D eigenvalue weighted by atomic mass is 9.93. The van der Waals surface area contributed by atoms with E-state index in [4.69, 9.17) is 0 Å². The Morgan fingerprint density at radius 2 is 1.89 bits per heavy atom. The van der Waals surface area contributed by atoms with Gasteiger partial charge < -0.3 is 10.2 Å². The van der Waals surface area contributed by atoms with Gasteiger partial charge in [-0.05, 0) is 49.9 Å². The predicted molar refractivity (Wildman–Crippen MR) is 108 cm³/mol. The summed E-state index contributed by atoms with van der Waals surface area (Å²) >= 11 is 0. The Bertz CT molecular complexity index is 748. The molecule has 7 heteroatoms. The summed E-state index contributed by atoms with van der Waals surface area (Å²) in [6.45, 7) is 4.47. The number of likely N-dealkylation sites (tertiary alicyclic amines) is 1. The van der Waals surface area contributed by atoms with Gasteiger partial charge in [0.25, 0.3) is 0 Å². The maximum atomic E-state index is 12.7. The van der Waals surface area contributed by atoms with Gasteiger partial charge in [0, 0.05) is 57.0 Å². The maximum Gasteiger partial charge on any atom is 0.225 e. The predicted octanol–water partition coefficient (Wildman–Crippen LogP) is 1.87. The van der Waals surface area contributed by atoms with Crippen molar-refractivity contribution in [3.05, 3.63) is 48.5 Å². The van der Waals surface area contributed by atoms with Crippen molar-refractivity contribution in [1.29, 1.82) is 0 Å². The van der Waals surface area contributed by atoms with Gasteiger partial charge in [0.05, 0.1) is 5.92 Å². The molecule has 28 heavy (non-hydrogen) atoms. The lowest BCUT2D eigenvalue weighted by Crippen LogP contribution is -2.51. The van der Waals surface area contributed by atoms with Crippen molar-refractivity contribution in [1.82, 2.24) is 25.2 Å². The molecule has 2 aromatic rings. The summed E-state index contributed by atoms with van der Waals surface area (Å²) in [7, 11) is 0. The highest BCUT2D eigenvalue weighted by Gasteiger charge is 2.32. The van der Waals surface area contributed by atoms with Crippen LogP contribution in [-0.4, -0.2) is 58.0 Å². The zero-order valence-corrected chi connectivity index (χ0v) is 16.2. The van der Waals surface area contributed by atoms with E-state index in [1.54, 1.807) is 24.8 Å². The molecule has 0 unspecified atom stereocenters. The molecule has 0 bridgehead atoms. The second-order valence-corrected chi connectivity index (χ2v) is 7.68. The minimum Gasteiger partial charge on any atom is -0.352 e. The number of hydrogen-bond donors (Lipinski definition) is 1. The molecular formula is C21H28N6O. The Morgan fingerprint density at radius 1 is 1.07 bits per heavy atom. The van der Waals surface area contributed by atoms with E-state index in [9.17, 15) is 4.79 Å². The highest BCUT2D eigenvalue weighted by Crippen LogP contribution is 2.25. The van der Waals surface area contributed by atoms with Crippen molar-refractivity contribution in [3.63, 3.8) is 0 Å². The largest absolute Gasteiger partial charge is 0.352 e. The number of nitrogens with zero attached hydrogens (tertiary/aromatic N) is 5. The number of aromatic nitrogens is 3. The number of amides is 1. The van der Waals surface area contributed by atoms with Crippen LogP contribution in [0.15, 0.2) is 43.0 Å². The van der Waals surface area contributed by atoms with Gasteiger partial charge >= 0.3 is 0 Å². The van der Waals surface area contributed by atoms with Crippen molar-refractivity contribution in [2.45, 2.75) is 38.3 Å². The Balaban J connectivity index is 1.26. The summed E-state index contributed by atoms with van der Waals surface area (Å²) in [6.07, 6.45) is 11.4. The molecule has 0 aromatic carbocycles. The van der Waals surface area contributed by atoms with Crippen LogP contribution in [0.1, 0.15) is 31.2 Å². The smallest absolute Gasteiger partial charge is 0.225 e. The second-order valence-electron chi connectivity index (χ2n) is 7.68. The summed E-state index contributed by atoms with van der Waals surface area (Å²) < 4.78 is 0. The molecule has 0 saturated carbocycles. The molecule has 0 radical (unpaired) electrons. The zero-order valence-electron chi connectivity index (χ0n) is 16.2. The van der Waals surface area contributed by atoms with Crippen LogP contribution in [-0.2, 0) is 11.3 Å². The summed E-state index contributed by atoms with van der Waals surface area (Å²) in [4.78, 5) is 30.3. The van der Waals surface area contributed by atoms with Gasteiger partial charge in [-0.2, -0.15) is 0 Å². The fourth-order valence-corrected chi connectivity index (χ4v) is 4.27. The van der Waals surface area contributed by atoms with E-state index in [-0.39, 0.29) is 11.8 Å². The van der Waals surface area contributed by atoms with E-state index in [0.29, 0.717) is 12.6 Å². The number of rotatable bonds is 5. The molecule has 0 aliphatic carbocycles. The summed E-state index contributed by atoms with van der Waals surface area (Å²) in [5.74, 6) is 1.08. The van der Waals surface area contributed by atoms with Crippen LogP contribution in [0.5, 0.6) is 0 Å². The van der Waals surface area contributed by atoms with Crippen LogP contribution in [0.25, 0.3) is 0 Å². The topological polar surface area (TPSA) is 74.2 Å². The van der Waals surface area contributed by atoms with Gasteiger partial charge in [-0.15, -0.1) is 0 Å². The average Bonchev–Trinajstić information content (AvgIpc) is 2.79. The molecule has 4 rings (SSSR count). The summed E-state index contributed by atoms with van der Waals surface area (Å²) in [5.41, 5.74) is 1.04. The molecule has 2 aromatic heterocycles. The van der Waals surface area contributed by atoms with Crippen LogP contribution < -0.4 is 10.2 Å². The molecule has 7 nitrogen and oxygen atoms in total. The first kappa shape index (κ1) is 18.8. The van der Waals surface area contributed by atoms with Crippen LogP contribution in [0.4, 0.5) is 5.95 Å². The van der Waals surface area contributed by atoms with Crippen LogP contribution in [0.3, 0.4) is 0 Å². The SMILES string of the molecule is O=C(NCc1cccnc1)[C@@H]1CCCN(C2CCN(c3ncccn3)CC2)C1. The Labute approximate surface area is 166 Å². The number of piperidine rings is 2. The fourth-order valence-electron chi connectivity index (χ4n) is 4.27. The third-order valence-electron chi connectivity index (χ3n) is 5.83. The molecule has 2 aliphatic heterocycles. The quantitative estimate of drug-likeness (QED) is 0.854. The summed E-state index contributed by atoms with van der Waals surface area (Å²) in [5, 5.41) is 3.09. The monoisotopic (exact) mass is 380 g/mol. The van der Waals surface area contributed by atoms with Gasteiger partial charge in [0.2, 0.25) is 11.9 Å². The molecule has 1 N–H and O–H groups in total. The first-order valence-corrected chi connectivity index (χ1v) is 10.2. The first-order valence-electron chi connectivity index (χ1n) is 10.2. The highest BCUT2D eigenvalue weighted by molar-refractivity contribution is 5.78. The maximum absolute atomic E-state index is 12.7. The van der Waals surface area contributed by atoms with E-state index < -0.39 is 0 Å². The normalized spacial score (nSPS) is 21.4. The van der Waals surface area contributed by atoms with E-state index in [2.05, 4.69) is 30.1 Å². The van der Waals surface area contributed by atoms with Crippen LogP contribution in [0, 0.1) is 5.92 Å². The average molecular weight is 380 g/mol. The Hall–Kier alpha value is -2.54. The van der Waals surface area contributed by atoms with E-state index in [1.807, 2.05) is 18.2 Å². The van der Waals surface area contributed by atoms with Gasteiger partial charge in [0.15, 0.2) is 0 Å². The number of hydrogen-bond acceptors (Lipinski definition) is 6. The fraction of sp³-hybridized carbons (Fsp3) is 0.524. The number of nitrogens with one attached hydrogen (secondary N) is 1. The third kappa shape index (κ3) is 4.65.